The number of aromatic nitrogens is 2. The number of nitrogens with one attached hydrogen (secondary N) is 1. The van der Waals surface area contributed by atoms with Crippen LogP contribution in [0.25, 0.3) is 22.4 Å². The average molecular weight is 404 g/mol. The van der Waals surface area contributed by atoms with Gasteiger partial charge in [-0.3, -0.25) is 4.79 Å². The first-order valence-electron chi connectivity index (χ1n) is 9.44. The molecule has 0 saturated carbocycles. The number of piperidine rings is 1. The average Bonchev–Trinajstić information content (AvgIpc) is 3.13. The summed E-state index contributed by atoms with van der Waals surface area (Å²) < 4.78 is 13.4. The van der Waals surface area contributed by atoms with Crippen LogP contribution in [0.15, 0.2) is 36.4 Å². The fourth-order valence-corrected chi connectivity index (χ4v) is 3.62. The molecule has 0 bridgehead atoms. The van der Waals surface area contributed by atoms with Gasteiger partial charge in [-0.25, -0.2) is 9.37 Å². The van der Waals surface area contributed by atoms with Gasteiger partial charge >= 0.3 is 5.97 Å². The van der Waals surface area contributed by atoms with Gasteiger partial charge in [0, 0.05) is 24.3 Å². The molecule has 0 amide bonds. The van der Waals surface area contributed by atoms with E-state index < -0.39 is 5.97 Å². The van der Waals surface area contributed by atoms with E-state index in [2.05, 4.69) is 14.9 Å². The van der Waals surface area contributed by atoms with Gasteiger partial charge in [0.15, 0.2) is 0 Å². The highest BCUT2D eigenvalue weighted by atomic mass is 35.5. The van der Waals surface area contributed by atoms with Gasteiger partial charge in [0.1, 0.15) is 11.6 Å². The Bertz CT molecular complexity index is 989. The van der Waals surface area contributed by atoms with E-state index in [9.17, 15) is 14.3 Å². The number of halogens is 2. The van der Waals surface area contributed by atoms with Crippen molar-refractivity contribution in [3.63, 3.8) is 0 Å². The highest BCUT2D eigenvalue weighted by Gasteiger charge is 2.26. The minimum Gasteiger partial charge on any atom is -0.481 e. The summed E-state index contributed by atoms with van der Waals surface area (Å²) in [6.45, 7) is 5.28. The van der Waals surface area contributed by atoms with Gasteiger partial charge in [-0.1, -0.05) is 25.4 Å². The Kier molecular flexibility index (Phi) is 6.19. The van der Waals surface area contributed by atoms with E-state index in [0.717, 1.165) is 18.7 Å². The van der Waals surface area contributed by atoms with E-state index in [4.69, 9.17) is 11.6 Å². The molecule has 1 atom stereocenters. The van der Waals surface area contributed by atoms with Crippen molar-refractivity contribution in [2.45, 2.75) is 26.7 Å². The standard InChI is InChI=1S/C19H17ClFN3O2.C2H6/c20-15-5-4-13(24-7-1-2-11(10-24)19(25)26)9-14(15)18-22-16-6-3-12(21)8-17(16)23-18;1-2/h3-6,8-9,11H,1-2,7,10H2,(H,22,23)(H,25,26);1-2H3/t11-;/m1./s1. The third-order valence-electron chi connectivity index (χ3n) is 4.78. The van der Waals surface area contributed by atoms with Gasteiger partial charge in [-0.2, -0.15) is 0 Å². The third-order valence-corrected chi connectivity index (χ3v) is 5.11. The molecule has 1 fully saturated rings. The van der Waals surface area contributed by atoms with E-state index in [-0.39, 0.29) is 11.7 Å². The monoisotopic (exact) mass is 403 g/mol. The second-order valence-corrected chi connectivity index (χ2v) is 6.94. The summed E-state index contributed by atoms with van der Waals surface area (Å²) in [5, 5.41) is 9.82. The van der Waals surface area contributed by atoms with Crippen LogP contribution in [0.4, 0.5) is 10.1 Å². The number of hydrogen-bond donors (Lipinski definition) is 2. The number of carboxylic acids is 1. The quantitative estimate of drug-likeness (QED) is 0.618. The topological polar surface area (TPSA) is 69.2 Å². The van der Waals surface area contributed by atoms with Gasteiger partial charge in [-0.15, -0.1) is 0 Å². The van der Waals surface area contributed by atoms with Crippen LogP contribution in [0.5, 0.6) is 0 Å². The Labute approximate surface area is 168 Å². The molecular formula is C21H23ClFN3O2. The number of hydrogen-bond acceptors (Lipinski definition) is 3. The summed E-state index contributed by atoms with van der Waals surface area (Å²) in [6, 6.07) is 9.95. The predicted octanol–water partition coefficient (Wildman–Crippen LogP) is 5.35. The molecule has 4 rings (SSSR count). The Morgan fingerprint density at radius 2 is 2.07 bits per heavy atom. The first-order valence-corrected chi connectivity index (χ1v) is 9.82. The molecular weight excluding hydrogens is 381 g/mol. The maximum Gasteiger partial charge on any atom is 0.308 e. The number of H-pyrrole nitrogens is 1. The molecule has 1 aromatic heterocycles. The maximum absolute atomic E-state index is 13.4. The van der Waals surface area contributed by atoms with Crippen molar-refractivity contribution in [2.24, 2.45) is 5.92 Å². The second kappa shape index (κ2) is 8.61. The lowest BCUT2D eigenvalue weighted by atomic mass is 9.97. The van der Waals surface area contributed by atoms with Gasteiger partial charge < -0.3 is 15.0 Å². The summed E-state index contributed by atoms with van der Waals surface area (Å²) in [5.74, 6) is -0.898. The Hall–Kier alpha value is -2.60. The van der Waals surface area contributed by atoms with E-state index >= 15 is 0 Å². The normalized spacial score (nSPS) is 16.6. The highest BCUT2D eigenvalue weighted by molar-refractivity contribution is 6.33. The van der Waals surface area contributed by atoms with Crippen LogP contribution in [0.1, 0.15) is 26.7 Å². The molecule has 28 heavy (non-hydrogen) atoms. The van der Waals surface area contributed by atoms with Crippen molar-refractivity contribution in [1.29, 1.82) is 0 Å². The fourth-order valence-electron chi connectivity index (χ4n) is 3.41. The van der Waals surface area contributed by atoms with Gasteiger partial charge in [-0.05, 0) is 49.2 Å². The number of carboxylic acid groups (broad SMARTS) is 1. The van der Waals surface area contributed by atoms with Crippen LogP contribution in [0.3, 0.4) is 0 Å². The zero-order chi connectivity index (χ0) is 20.3. The summed E-state index contributed by atoms with van der Waals surface area (Å²) in [4.78, 5) is 21.0. The molecule has 2 aromatic carbocycles. The lowest BCUT2D eigenvalue weighted by Crippen LogP contribution is -2.38. The van der Waals surface area contributed by atoms with Crippen LogP contribution in [-0.4, -0.2) is 34.1 Å². The van der Waals surface area contributed by atoms with E-state index in [1.54, 1.807) is 12.1 Å². The molecule has 7 heteroatoms. The molecule has 148 valence electrons. The number of benzene rings is 2. The molecule has 2 N–H and O–H groups in total. The zero-order valence-electron chi connectivity index (χ0n) is 15.9. The Morgan fingerprint density at radius 1 is 1.29 bits per heavy atom. The fraction of sp³-hybridized carbons (Fsp3) is 0.333. The molecule has 5 nitrogen and oxygen atoms in total. The van der Waals surface area contributed by atoms with Crippen molar-refractivity contribution in [1.82, 2.24) is 9.97 Å². The number of anilines is 1. The van der Waals surface area contributed by atoms with Crippen molar-refractivity contribution in [3.05, 3.63) is 47.2 Å². The van der Waals surface area contributed by atoms with Gasteiger partial charge in [0.05, 0.1) is 22.0 Å². The Morgan fingerprint density at radius 3 is 2.82 bits per heavy atom. The summed E-state index contributed by atoms with van der Waals surface area (Å²) in [6.07, 6.45) is 1.53. The third kappa shape index (κ3) is 4.12. The maximum atomic E-state index is 13.4. The van der Waals surface area contributed by atoms with E-state index in [1.165, 1.54) is 12.1 Å². The second-order valence-electron chi connectivity index (χ2n) is 6.53. The number of rotatable bonds is 3. The van der Waals surface area contributed by atoms with Crippen molar-refractivity contribution >= 4 is 34.3 Å². The van der Waals surface area contributed by atoms with Crippen LogP contribution < -0.4 is 4.90 Å². The largest absolute Gasteiger partial charge is 0.481 e. The number of nitrogens with zero attached hydrogens (tertiary/aromatic N) is 2. The molecule has 1 saturated heterocycles. The summed E-state index contributed by atoms with van der Waals surface area (Å²) in [7, 11) is 0. The van der Waals surface area contributed by atoms with Gasteiger partial charge in [0.2, 0.25) is 0 Å². The minimum absolute atomic E-state index is 0.333. The van der Waals surface area contributed by atoms with Crippen LogP contribution in [0, 0.1) is 11.7 Å². The van der Waals surface area contributed by atoms with Crippen LogP contribution in [0.2, 0.25) is 5.02 Å². The first-order chi connectivity index (χ1) is 13.5. The first kappa shape index (κ1) is 20.1. The van der Waals surface area contributed by atoms with Crippen LogP contribution >= 0.6 is 11.6 Å². The zero-order valence-corrected chi connectivity index (χ0v) is 16.6. The molecule has 0 unspecified atom stereocenters. The number of aromatic amines is 1. The molecule has 2 heterocycles. The molecule has 0 spiro atoms. The molecule has 1 aliphatic heterocycles. The smallest absolute Gasteiger partial charge is 0.308 e. The number of carbonyl (C=O) groups is 1. The SMILES string of the molecule is CC.O=C(O)[C@@H]1CCCN(c2ccc(Cl)c(-c3nc4ccc(F)cc4[nH]3)c2)C1. The molecule has 0 aliphatic carbocycles. The molecule has 1 aliphatic rings. The molecule has 3 aromatic rings. The lowest BCUT2D eigenvalue weighted by Gasteiger charge is -2.32. The summed E-state index contributed by atoms with van der Waals surface area (Å²) >= 11 is 6.36. The summed E-state index contributed by atoms with van der Waals surface area (Å²) in [5.41, 5.74) is 2.87. The van der Waals surface area contributed by atoms with E-state index in [1.807, 2.05) is 26.0 Å². The number of imidazole rings is 1. The predicted molar refractivity (Wildman–Crippen MR) is 110 cm³/mol. The van der Waals surface area contributed by atoms with Crippen molar-refractivity contribution < 1.29 is 14.3 Å². The lowest BCUT2D eigenvalue weighted by molar-refractivity contribution is -0.141. The Balaban J connectivity index is 0.00000109. The van der Waals surface area contributed by atoms with Crippen molar-refractivity contribution in [3.8, 4) is 11.4 Å². The van der Waals surface area contributed by atoms with Crippen LogP contribution in [-0.2, 0) is 4.79 Å². The minimum atomic E-state index is -0.761. The van der Waals surface area contributed by atoms with E-state index in [0.29, 0.717) is 40.4 Å². The highest BCUT2D eigenvalue weighted by Crippen LogP contribution is 2.33. The van der Waals surface area contributed by atoms with Crippen molar-refractivity contribution in [2.75, 3.05) is 18.0 Å². The number of aliphatic carboxylic acids is 1. The molecule has 0 radical (unpaired) electrons. The number of fused-ring (bicyclic) bond motifs is 1. The van der Waals surface area contributed by atoms with Gasteiger partial charge in [0.25, 0.3) is 0 Å².